The number of carbonyl (C=O) groups excluding carboxylic acids is 2. The molecule has 0 aliphatic heterocycles. The fraction of sp³-hybridized carbons (Fsp3) is 0.440. The van der Waals surface area contributed by atoms with Crippen LogP contribution in [0.1, 0.15) is 61.3 Å². The van der Waals surface area contributed by atoms with Gasteiger partial charge in [-0.05, 0) is 43.0 Å². The number of hydrogen-bond donors (Lipinski definition) is 1. The Labute approximate surface area is 194 Å². The number of nitrogens with one attached hydrogen (secondary N) is 1. The van der Waals surface area contributed by atoms with Crippen LogP contribution in [0.4, 0.5) is 0 Å². The van der Waals surface area contributed by atoms with Gasteiger partial charge < -0.3 is 10.2 Å². The minimum absolute atomic E-state index is 0.144. The number of nitrogens with zero attached hydrogens (tertiary/aromatic N) is 1. The number of amides is 2. The second-order valence-corrected chi connectivity index (χ2v) is 9.06. The van der Waals surface area contributed by atoms with Gasteiger partial charge in [-0.2, -0.15) is 0 Å². The number of hydrogen-bond acceptors (Lipinski definition) is 2. The van der Waals surface area contributed by atoms with Crippen molar-refractivity contribution in [2.45, 2.75) is 64.1 Å². The van der Waals surface area contributed by atoms with Gasteiger partial charge in [0, 0.05) is 29.9 Å². The Hall–Kier alpha value is -2.04. The molecule has 0 radical (unpaired) electrons. The van der Waals surface area contributed by atoms with Crippen LogP contribution in [0.5, 0.6) is 0 Å². The monoisotopic (exact) mass is 460 g/mol. The van der Waals surface area contributed by atoms with Crippen molar-refractivity contribution in [3.63, 3.8) is 0 Å². The first kappa shape index (κ1) is 23.6. The molecule has 1 N–H and O–H groups in total. The van der Waals surface area contributed by atoms with Gasteiger partial charge in [-0.1, -0.05) is 72.8 Å². The van der Waals surface area contributed by atoms with E-state index >= 15 is 0 Å². The van der Waals surface area contributed by atoms with Gasteiger partial charge in [-0.3, -0.25) is 9.59 Å². The lowest BCUT2D eigenvalue weighted by atomic mass is 9.94. The predicted octanol–water partition coefficient (Wildman–Crippen LogP) is 5.80. The molecule has 3 rings (SSSR count). The van der Waals surface area contributed by atoms with Crippen LogP contribution in [0.3, 0.4) is 0 Å². The van der Waals surface area contributed by atoms with Crippen molar-refractivity contribution < 1.29 is 9.59 Å². The fourth-order valence-electron chi connectivity index (χ4n) is 4.08. The van der Waals surface area contributed by atoms with E-state index in [-0.39, 0.29) is 30.2 Å². The zero-order valence-corrected chi connectivity index (χ0v) is 19.5. The van der Waals surface area contributed by atoms with E-state index < -0.39 is 6.04 Å². The predicted molar refractivity (Wildman–Crippen MR) is 126 cm³/mol. The summed E-state index contributed by atoms with van der Waals surface area (Å²) in [4.78, 5) is 28.3. The average Bonchev–Trinajstić information content (AvgIpc) is 2.77. The van der Waals surface area contributed by atoms with Gasteiger partial charge in [0.2, 0.25) is 11.8 Å². The Morgan fingerprint density at radius 3 is 2.29 bits per heavy atom. The number of aryl methyl sites for hydroxylation is 1. The van der Waals surface area contributed by atoms with Crippen LogP contribution in [-0.4, -0.2) is 28.6 Å². The molecule has 0 aromatic heterocycles. The van der Waals surface area contributed by atoms with E-state index in [1.54, 1.807) is 17.0 Å². The molecule has 166 valence electrons. The summed E-state index contributed by atoms with van der Waals surface area (Å²) in [7, 11) is 0. The van der Waals surface area contributed by atoms with Gasteiger partial charge in [0.05, 0.1) is 0 Å². The highest BCUT2D eigenvalue weighted by atomic mass is 35.5. The summed E-state index contributed by atoms with van der Waals surface area (Å²) in [6.07, 6.45) is 5.58. The molecule has 2 aromatic carbocycles. The van der Waals surface area contributed by atoms with E-state index in [0.717, 1.165) is 42.4 Å². The highest BCUT2D eigenvalue weighted by Crippen LogP contribution is 2.27. The van der Waals surface area contributed by atoms with Crippen LogP contribution < -0.4 is 5.32 Å². The van der Waals surface area contributed by atoms with Crippen molar-refractivity contribution >= 4 is 35.0 Å². The number of halogens is 2. The third kappa shape index (κ3) is 6.72. The lowest BCUT2D eigenvalue weighted by Crippen LogP contribution is -2.46. The lowest BCUT2D eigenvalue weighted by molar-refractivity contribution is -0.141. The van der Waals surface area contributed by atoms with E-state index in [0.29, 0.717) is 11.6 Å². The first-order chi connectivity index (χ1) is 15.0. The zero-order chi connectivity index (χ0) is 22.2. The van der Waals surface area contributed by atoms with E-state index in [9.17, 15) is 9.59 Å². The van der Waals surface area contributed by atoms with Gasteiger partial charge in [-0.15, -0.1) is 11.6 Å². The maximum absolute atomic E-state index is 13.5. The van der Waals surface area contributed by atoms with Crippen LogP contribution in [0.15, 0.2) is 48.5 Å². The van der Waals surface area contributed by atoms with Crippen molar-refractivity contribution in [1.82, 2.24) is 10.2 Å². The maximum Gasteiger partial charge on any atom is 0.247 e. The molecule has 0 bridgehead atoms. The molecule has 1 aliphatic rings. The zero-order valence-electron chi connectivity index (χ0n) is 17.9. The number of alkyl halides is 1. The topological polar surface area (TPSA) is 49.4 Å². The van der Waals surface area contributed by atoms with Gasteiger partial charge in [0.25, 0.3) is 0 Å². The summed E-state index contributed by atoms with van der Waals surface area (Å²) in [5, 5.41) is 3.80. The molecule has 0 spiro atoms. The summed E-state index contributed by atoms with van der Waals surface area (Å²) in [6.45, 7) is 2.36. The highest BCUT2D eigenvalue weighted by molar-refractivity contribution is 6.30. The summed E-state index contributed by atoms with van der Waals surface area (Å²) in [5.41, 5.74) is 2.86. The van der Waals surface area contributed by atoms with Crippen molar-refractivity contribution in [1.29, 1.82) is 0 Å². The summed E-state index contributed by atoms with van der Waals surface area (Å²) < 4.78 is 0. The van der Waals surface area contributed by atoms with Crippen LogP contribution in [0, 0.1) is 6.92 Å². The number of carbonyl (C=O) groups is 2. The van der Waals surface area contributed by atoms with Crippen molar-refractivity contribution in [2.24, 2.45) is 0 Å². The van der Waals surface area contributed by atoms with Crippen LogP contribution in [0.25, 0.3) is 0 Å². The molecule has 2 aromatic rings. The minimum atomic E-state index is -0.740. The van der Waals surface area contributed by atoms with Crippen molar-refractivity contribution in [2.75, 3.05) is 5.88 Å². The van der Waals surface area contributed by atoms with Crippen LogP contribution in [0.2, 0.25) is 5.02 Å². The third-order valence-electron chi connectivity index (χ3n) is 5.80. The van der Waals surface area contributed by atoms with Crippen LogP contribution >= 0.6 is 23.2 Å². The molecular formula is C25H30Cl2N2O2. The second kappa shape index (κ2) is 11.5. The third-order valence-corrected chi connectivity index (χ3v) is 6.24. The molecule has 1 atom stereocenters. The lowest BCUT2D eigenvalue weighted by Gasteiger charge is -2.33. The van der Waals surface area contributed by atoms with E-state index in [2.05, 4.69) is 5.32 Å². The van der Waals surface area contributed by atoms with E-state index in [1.165, 1.54) is 6.42 Å². The largest absolute Gasteiger partial charge is 0.351 e. The van der Waals surface area contributed by atoms with E-state index in [4.69, 9.17) is 23.2 Å². The molecule has 1 aliphatic carbocycles. The van der Waals surface area contributed by atoms with Crippen LogP contribution in [-0.2, 0) is 16.1 Å². The highest BCUT2D eigenvalue weighted by Gasteiger charge is 2.32. The van der Waals surface area contributed by atoms with E-state index in [1.807, 2.05) is 43.3 Å². The SMILES string of the molecule is Cc1ccc(CN(C(=O)CCCl)[C@@H](C(=O)NC2CCCCC2)c2ccc(Cl)cc2)cc1. The molecule has 31 heavy (non-hydrogen) atoms. The smallest absolute Gasteiger partial charge is 0.247 e. The molecule has 1 saturated carbocycles. The van der Waals surface area contributed by atoms with Crippen molar-refractivity contribution in [3.05, 3.63) is 70.2 Å². The Balaban J connectivity index is 1.94. The molecule has 4 nitrogen and oxygen atoms in total. The molecule has 2 amide bonds. The number of rotatable bonds is 8. The number of benzene rings is 2. The molecule has 0 saturated heterocycles. The maximum atomic E-state index is 13.5. The average molecular weight is 461 g/mol. The summed E-state index contributed by atoms with van der Waals surface area (Å²) >= 11 is 12.0. The normalized spacial score (nSPS) is 15.3. The molecule has 6 heteroatoms. The first-order valence-electron chi connectivity index (χ1n) is 10.9. The van der Waals surface area contributed by atoms with Crippen molar-refractivity contribution in [3.8, 4) is 0 Å². The Morgan fingerprint density at radius 1 is 1.03 bits per heavy atom. The minimum Gasteiger partial charge on any atom is -0.351 e. The van der Waals surface area contributed by atoms with Gasteiger partial charge in [0.15, 0.2) is 0 Å². The quantitative estimate of drug-likeness (QED) is 0.506. The van der Waals surface area contributed by atoms with Gasteiger partial charge in [0.1, 0.15) is 6.04 Å². The summed E-state index contributed by atoms with van der Waals surface area (Å²) in [6, 6.07) is 14.6. The molecule has 0 unspecified atom stereocenters. The Bertz CT molecular complexity index is 862. The molecule has 0 heterocycles. The fourth-order valence-corrected chi connectivity index (χ4v) is 4.37. The summed E-state index contributed by atoms with van der Waals surface area (Å²) in [5.74, 6) is -0.0838. The molecular weight excluding hydrogens is 431 g/mol. The molecule has 1 fully saturated rings. The van der Waals surface area contributed by atoms with Gasteiger partial charge >= 0.3 is 0 Å². The van der Waals surface area contributed by atoms with Gasteiger partial charge in [-0.25, -0.2) is 0 Å². The Kier molecular flexibility index (Phi) is 8.79. The first-order valence-corrected chi connectivity index (χ1v) is 11.9. The Morgan fingerprint density at radius 2 is 1.68 bits per heavy atom. The second-order valence-electron chi connectivity index (χ2n) is 8.24. The standard InChI is InChI=1S/C25H30Cl2N2O2/c1-18-7-9-19(10-8-18)17-29(23(30)15-16-26)24(20-11-13-21(27)14-12-20)25(31)28-22-5-3-2-4-6-22/h7-14,22,24H,2-6,15-17H2,1H3,(H,28,31)/t24-/m1/s1.